The fraction of sp³-hybridized carbons (Fsp3) is 0.350. The Morgan fingerprint density at radius 1 is 0.964 bits per heavy atom. The van der Waals surface area contributed by atoms with Gasteiger partial charge in [0.15, 0.2) is 5.96 Å². The summed E-state index contributed by atoms with van der Waals surface area (Å²) in [5.74, 6) is 0.798. The molecule has 8 heteroatoms. The van der Waals surface area contributed by atoms with Gasteiger partial charge in [0.1, 0.15) is 0 Å². The fourth-order valence-corrected chi connectivity index (χ4v) is 3.15. The Bertz CT molecular complexity index is 825. The van der Waals surface area contributed by atoms with E-state index >= 15 is 0 Å². The Balaban J connectivity index is 0.00000392. The van der Waals surface area contributed by atoms with Gasteiger partial charge in [0, 0.05) is 19.6 Å². The van der Waals surface area contributed by atoms with Gasteiger partial charge in [0.25, 0.3) is 0 Å². The summed E-state index contributed by atoms with van der Waals surface area (Å²) in [4.78, 5) is 4.74. The number of aliphatic imine (C=N–C) groups is 1. The molecule has 0 aromatic heterocycles. The lowest BCUT2D eigenvalue weighted by molar-refractivity contribution is 0.598. The van der Waals surface area contributed by atoms with Crippen LogP contribution in [0.1, 0.15) is 24.5 Å². The van der Waals surface area contributed by atoms with Gasteiger partial charge >= 0.3 is 0 Å². The number of guanidine groups is 1. The molecule has 4 N–H and O–H groups in total. The first kappa shape index (κ1) is 24.4. The molecule has 28 heavy (non-hydrogen) atoms. The predicted molar refractivity (Wildman–Crippen MR) is 126 cm³/mol. The smallest absolute Gasteiger partial charge is 0.238 e. The lowest BCUT2D eigenvalue weighted by Gasteiger charge is -2.11. The second-order valence-corrected chi connectivity index (χ2v) is 7.78. The van der Waals surface area contributed by atoms with Crippen molar-refractivity contribution in [3.8, 4) is 0 Å². The Labute approximate surface area is 185 Å². The molecule has 0 aliphatic rings. The van der Waals surface area contributed by atoms with E-state index in [1.807, 2.05) is 13.0 Å². The van der Waals surface area contributed by atoms with Crippen LogP contribution in [0.15, 0.2) is 64.5 Å². The first-order valence-corrected chi connectivity index (χ1v) is 10.7. The van der Waals surface area contributed by atoms with Crippen molar-refractivity contribution < 1.29 is 8.42 Å². The number of nitrogens with zero attached hydrogens (tertiary/aromatic N) is 1. The molecule has 2 rings (SSSR count). The molecule has 0 unspecified atom stereocenters. The minimum atomic E-state index is -3.64. The van der Waals surface area contributed by atoms with E-state index in [1.54, 1.807) is 12.1 Å². The van der Waals surface area contributed by atoms with Crippen LogP contribution in [0.4, 0.5) is 0 Å². The standard InChI is InChI=1S/C20H28N4O2S.HI/c1-2-22-20(23-15-6-9-17-7-4-3-5-8-17)24-16-14-18-10-12-19(13-11-18)27(21,25)26;/h3-5,7-8,10-13H,2,6,9,14-16H2,1H3,(H2,21,25,26)(H2,22,23,24);1H. The summed E-state index contributed by atoms with van der Waals surface area (Å²) in [5.41, 5.74) is 2.36. The highest BCUT2D eigenvalue weighted by Gasteiger charge is 2.06. The van der Waals surface area contributed by atoms with Crippen molar-refractivity contribution in [3.63, 3.8) is 0 Å². The summed E-state index contributed by atoms with van der Waals surface area (Å²) >= 11 is 0. The van der Waals surface area contributed by atoms with Gasteiger partial charge in [0.2, 0.25) is 10.0 Å². The van der Waals surface area contributed by atoms with E-state index in [9.17, 15) is 8.42 Å². The highest BCUT2D eigenvalue weighted by Crippen LogP contribution is 2.09. The quantitative estimate of drug-likeness (QED) is 0.207. The number of primary sulfonamides is 1. The average Bonchev–Trinajstić information content (AvgIpc) is 2.66. The van der Waals surface area contributed by atoms with Crippen LogP contribution >= 0.6 is 24.0 Å². The molecule has 6 nitrogen and oxygen atoms in total. The molecule has 0 radical (unpaired) electrons. The molecular weight excluding hydrogens is 487 g/mol. The molecule has 0 aliphatic heterocycles. The molecule has 0 atom stereocenters. The second kappa shape index (κ2) is 12.7. The lowest BCUT2D eigenvalue weighted by Crippen LogP contribution is -2.38. The molecule has 154 valence electrons. The van der Waals surface area contributed by atoms with Crippen molar-refractivity contribution >= 4 is 40.0 Å². The number of aryl methyl sites for hydroxylation is 1. The van der Waals surface area contributed by atoms with Crippen molar-refractivity contribution in [2.45, 2.75) is 31.1 Å². The molecule has 2 aromatic rings. The van der Waals surface area contributed by atoms with Crippen LogP contribution in [-0.2, 0) is 22.9 Å². The van der Waals surface area contributed by atoms with Crippen LogP contribution in [0, 0.1) is 0 Å². The van der Waals surface area contributed by atoms with Crippen molar-refractivity contribution in [3.05, 3.63) is 65.7 Å². The van der Waals surface area contributed by atoms with Crippen LogP contribution in [0.3, 0.4) is 0 Å². The summed E-state index contributed by atoms with van der Waals surface area (Å²) in [6, 6.07) is 17.0. The zero-order chi connectivity index (χ0) is 19.5. The Morgan fingerprint density at radius 3 is 2.21 bits per heavy atom. The van der Waals surface area contributed by atoms with Crippen molar-refractivity contribution in [1.29, 1.82) is 0 Å². The van der Waals surface area contributed by atoms with Crippen LogP contribution in [0.2, 0.25) is 0 Å². The van der Waals surface area contributed by atoms with Gasteiger partial charge in [-0.25, -0.2) is 13.6 Å². The maximum Gasteiger partial charge on any atom is 0.238 e. The van der Waals surface area contributed by atoms with Crippen molar-refractivity contribution in [2.24, 2.45) is 10.1 Å². The van der Waals surface area contributed by atoms with Gasteiger partial charge in [-0.3, -0.25) is 4.99 Å². The molecule has 0 heterocycles. The van der Waals surface area contributed by atoms with Crippen LogP contribution < -0.4 is 15.8 Å². The largest absolute Gasteiger partial charge is 0.357 e. The zero-order valence-corrected chi connectivity index (χ0v) is 19.2. The van der Waals surface area contributed by atoms with E-state index in [0.29, 0.717) is 6.54 Å². The Hall–Kier alpha value is -1.65. The minimum absolute atomic E-state index is 0. The van der Waals surface area contributed by atoms with Crippen LogP contribution in [0.25, 0.3) is 0 Å². The van der Waals surface area contributed by atoms with E-state index < -0.39 is 10.0 Å². The van der Waals surface area contributed by atoms with Gasteiger partial charge in [-0.1, -0.05) is 42.5 Å². The van der Waals surface area contributed by atoms with E-state index in [2.05, 4.69) is 39.9 Å². The maximum atomic E-state index is 11.3. The van der Waals surface area contributed by atoms with E-state index in [1.165, 1.54) is 17.7 Å². The van der Waals surface area contributed by atoms with Crippen molar-refractivity contribution in [1.82, 2.24) is 10.6 Å². The fourth-order valence-electron chi connectivity index (χ4n) is 2.63. The Kier molecular flexibility index (Phi) is 11.1. The molecule has 0 saturated heterocycles. The number of hydrogen-bond acceptors (Lipinski definition) is 3. The third-order valence-corrected chi connectivity index (χ3v) is 4.97. The third-order valence-electron chi connectivity index (χ3n) is 4.04. The monoisotopic (exact) mass is 516 g/mol. The minimum Gasteiger partial charge on any atom is -0.357 e. The zero-order valence-electron chi connectivity index (χ0n) is 16.1. The van der Waals surface area contributed by atoms with E-state index in [-0.39, 0.29) is 28.9 Å². The van der Waals surface area contributed by atoms with Gasteiger partial charge in [-0.2, -0.15) is 0 Å². The first-order chi connectivity index (χ1) is 13.0. The molecule has 0 saturated carbocycles. The second-order valence-electron chi connectivity index (χ2n) is 6.22. The van der Waals surface area contributed by atoms with Gasteiger partial charge in [-0.05, 0) is 49.4 Å². The number of nitrogens with one attached hydrogen (secondary N) is 2. The first-order valence-electron chi connectivity index (χ1n) is 9.17. The predicted octanol–water partition coefficient (Wildman–Crippen LogP) is 2.68. The SMILES string of the molecule is CCNC(=NCCCc1ccccc1)NCCc1ccc(S(N)(=O)=O)cc1.I. The van der Waals surface area contributed by atoms with Crippen LogP contribution in [0.5, 0.6) is 0 Å². The Morgan fingerprint density at radius 2 is 1.61 bits per heavy atom. The van der Waals surface area contributed by atoms with E-state index in [0.717, 1.165) is 43.9 Å². The molecule has 0 aliphatic carbocycles. The van der Waals surface area contributed by atoms with E-state index in [4.69, 9.17) is 5.14 Å². The summed E-state index contributed by atoms with van der Waals surface area (Å²) in [6.07, 6.45) is 2.77. The van der Waals surface area contributed by atoms with Gasteiger partial charge in [0.05, 0.1) is 4.90 Å². The van der Waals surface area contributed by atoms with Crippen molar-refractivity contribution in [2.75, 3.05) is 19.6 Å². The number of sulfonamides is 1. The van der Waals surface area contributed by atoms with Crippen LogP contribution in [-0.4, -0.2) is 34.0 Å². The molecular formula is C20H29IN4O2S. The topological polar surface area (TPSA) is 96.6 Å². The number of halogens is 1. The molecule has 0 spiro atoms. The molecule has 0 amide bonds. The maximum absolute atomic E-state index is 11.3. The number of rotatable bonds is 9. The average molecular weight is 516 g/mol. The van der Waals surface area contributed by atoms with Gasteiger partial charge in [-0.15, -0.1) is 24.0 Å². The summed E-state index contributed by atoms with van der Waals surface area (Å²) in [7, 11) is -3.64. The molecule has 2 aromatic carbocycles. The summed E-state index contributed by atoms with van der Waals surface area (Å²) in [6.45, 7) is 4.30. The summed E-state index contributed by atoms with van der Waals surface area (Å²) in [5, 5.41) is 11.7. The normalized spacial score (nSPS) is 11.6. The number of benzene rings is 2. The number of nitrogens with two attached hydrogens (primary N) is 1. The number of hydrogen-bond donors (Lipinski definition) is 3. The highest BCUT2D eigenvalue weighted by molar-refractivity contribution is 14.0. The van der Waals surface area contributed by atoms with Gasteiger partial charge < -0.3 is 10.6 Å². The molecule has 0 fully saturated rings. The lowest BCUT2D eigenvalue weighted by atomic mass is 10.1. The highest BCUT2D eigenvalue weighted by atomic mass is 127. The molecule has 0 bridgehead atoms. The summed E-state index contributed by atoms with van der Waals surface area (Å²) < 4.78 is 22.6. The third kappa shape index (κ3) is 9.03.